The van der Waals surface area contributed by atoms with E-state index < -0.39 is 0 Å². The van der Waals surface area contributed by atoms with E-state index in [0.717, 1.165) is 16.9 Å². The van der Waals surface area contributed by atoms with Gasteiger partial charge in [0.25, 0.3) is 0 Å². The van der Waals surface area contributed by atoms with E-state index in [0.29, 0.717) is 19.8 Å². The van der Waals surface area contributed by atoms with Crippen molar-refractivity contribution >= 4 is 11.9 Å². The fourth-order valence-electron chi connectivity index (χ4n) is 3.52. The van der Waals surface area contributed by atoms with Crippen molar-refractivity contribution in [1.29, 1.82) is 0 Å². The largest absolute Gasteiger partial charge is 0.497 e. The van der Waals surface area contributed by atoms with E-state index in [2.05, 4.69) is 0 Å². The molecule has 1 amide bonds. The molecule has 0 radical (unpaired) electrons. The number of nitrogens with zero attached hydrogens (tertiary/aromatic N) is 1. The predicted octanol–water partition coefficient (Wildman–Crippen LogP) is 3.33. The van der Waals surface area contributed by atoms with E-state index in [9.17, 15) is 9.59 Å². The van der Waals surface area contributed by atoms with Gasteiger partial charge in [0.05, 0.1) is 45.3 Å². The Kier molecular flexibility index (Phi) is 7.25. The topological polar surface area (TPSA) is 65.1 Å². The molecule has 0 N–H and O–H groups in total. The van der Waals surface area contributed by atoms with Gasteiger partial charge in [-0.05, 0) is 30.2 Å². The minimum absolute atomic E-state index is 0.0202. The number of benzene rings is 2. The van der Waals surface area contributed by atoms with Crippen molar-refractivity contribution in [3.05, 3.63) is 65.7 Å². The van der Waals surface area contributed by atoms with Crippen molar-refractivity contribution in [3.8, 4) is 5.75 Å². The van der Waals surface area contributed by atoms with Crippen molar-refractivity contribution in [2.75, 3.05) is 13.7 Å². The number of carbonyl (C=O) groups excluding carboxylic acids is 2. The van der Waals surface area contributed by atoms with Gasteiger partial charge >= 0.3 is 5.97 Å². The summed E-state index contributed by atoms with van der Waals surface area (Å²) in [5, 5.41) is 0. The summed E-state index contributed by atoms with van der Waals surface area (Å²) in [5.74, 6) is 0.419. The highest BCUT2D eigenvalue weighted by Gasteiger charge is 2.41. The third kappa shape index (κ3) is 5.57. The molecule has 6 heteroatoms. The molecule has 0 bridgehead atoms. The molecule has 1 aliphatic rings. The quantitative estimate of drug-likeness (QED) is 0.607. The highest BCUT2D eigenvalue weighted by molar-refractivity contribution is 5.81. The van der Waals surface area contributed by atoms with Crippen LogP contribution in [0.1, 0.15) is 30.9 Å². The summed E-state index contributed by atoms with van der Waals surface area (Å²) in [5.41, 5.74) is 2.00. The van der Waals surface area contributed by atoms with Crippen LogP contribution >= 0.6 is 0 Å². The SMILES string of the molecule is CCOC(=O)C[C@@H]1[C@@H](OCc2ccccc2)CC(=O)N1Cc1ccc(OC)cc1. The predicted molar refractivity (Wildman–Crippen MR) is 108 cm³/mol. The molecule has 2 aromatic rings. The fourth-order valence-corrected chi connectivity index (χ4v) is 3.52. The van der Waals surface area contributed by atoms with Gasteiger partial charge in [-0.2, -0.15) is 0 Å². The molecule has 0 spiro atoms. The summed E-state index contributed by atoms with van der Waals surface area (Å²) in [7, 11) is 1.61. The Hall–Kier alpha value is -2.86. The first-order chi connectivity index (χ1) is 14.1. The van der Waals surface area contributed by atoms with E-state index in [1.54, 1.807) is 18.9 Å². The minimum atomic E-state index is -0.356. The third-order valence-corrected chi connectivity index (χ3v) is 5.03. The van der Waals surface area contributed by atoms with Crippen LogP contribution < -0.4 is 4.74 Å². The maximum absolute atomic E-state index is 12.7. The lowest BCUT2D eigenvalue weighted by atomic mass is 10.1. The minimum Gasteiger partial charge on any atom is -0.497 e. The van der Waals surface area contributed by atoms with Gasteiger partial charge in [-0.3, -0.25) is 9.59 Å². The van der Waals surface area contributed by atoms with E-state index in [1.807, 2.05) is 54.6 Å². The average Bonchev–Trinajstić information content (AvgIpc) is 3.02. The van der Waals surface area contributed by atoms with Gasteiger partial charge < -0.3 is 19.1 Å². The van der Waals surface area contributed by atoms with Gasteiger partial charge in [0.1, 0.15) is 5.75 Å². The summed E-state index contributed by atoms with van der Waals surface area (Å²) >= 11 is 0. The van der Waals surface area contributed by atoms with Gasteiger partial charge in [-0.1, -0.05) is 42.5 Å². The highest BCUT2D eigenvalue weighted by Crippen LogP contribution is 2.28. The average molecular weight is 397 g/mol. The second-order valence-electron chi connectivity index (χ2n) is 6.99. The molecular formula is C23H27NO5. The Labute approximate surface area is 171 Å². The van der Waals surface area contributed by atoms with Crippen LogP contribution in [0.25, 0.3) is 0 Å². The van der Waals surface area contributed by atoms with Crippen molar-refractivity contribution in [2.24, 2.45) is 0 Å². The zero-order chi connectivity index (χ0) is 20.6. The van der Waals surface area contributed by atoms with Crippen LogP contribution in [0.4, 0.5) is 0 Å². The molecule has 1 heterocycles. The zero-order valence-corrected chi connectivity index (χ0v) is 16.9. The lowest BCUT2D eigenvalue weighted by Crippen LogP contribution is -2.39. The Morgan fingerprint density at radius 2 is 1.79 bits per heavy atom. The van der Waals surface area contributed by atoms with Crippen LogP contribution in [0, 0.1) is 0 Å². The number of amides is 1. The molecule has 0 unspecified atom stereocenters. The number of methoxy groups -OCH3 is 1. The van der Waals surface area contributed by atoms with E-state index in [4.69, 9.17) is 14.2 Å². The van der Waals surface area contributed by atoms with Gasteiger partial charge in [-0.15, -0.1) is 0 Å². The lowest BCUT2D eigenvalue weighted by molar-refractivity contribution is -0.146. The number of hydrogen-bond acceptors (Lipinski definition) is 5. The molecule has 1 saturated heterocycles. The first kappa shape index (κ1) is 20.9. The maximum atomic E-state index is 12.7. The molecule has 6 nitrogen and oxygen atoms in total. The summed E-state index contributed by atoms with van der Waals surface area (Å²) in [6.45, 7) is 2.90. The highest BCUT2D eigenvalue weighted by atomic mass is 16.5. The van der Waals surface area contributed by atoms with Crippen molar-refractivity contribution in [3.63, 3.8) is 0 Å². The van der Waals surface area contributed by atoms with Crippen LogP contribution in [-0.2, 0) is 32.2 Å². The van der Waals surface area contributed by atoms with E-state index in [1.165, 1.54) is 0 Å². The van der Waals surface area contributed by atoms with E-state index in [-0.39, 0.29) is 36.9 Å². The van der Waals surface area contributed by atoms with Crippen LogP contribution in [-0.4, -0.2) is 42.6 Å². The van der Waals surface area contributed by atoms with Gasteiger partial charge in [0.2, 0.25) is 5.91 Å². The van der Waals surface area contributed by atoms with Gasteiger partial charge in [0, 0.05) is 6.54 Å². The summed E-state index contributed by atoms with van der Waals surface area (Å²) < 4.78 is 16.4. The van der Waals surface area contributed by atoms with Gasteiger partial charge in [0.15, 0.2) is 0 Å². The van der Waals surface area contributed by atoms with E-state index >= 15 is 0 Å². The first-order valence-corrected chi connectivity index (χ1v) is 9.84. The standard InChI is InChI=1S/C23H27NO5/c1-3-28-23(26)13-20-21(29-16-18-7-5-4-6-8-18)14-22(25)24(20)15-17-9-11-19(27-2)12-10-17/h4-12,20-21H,3,13-16H2,1-2H3/t20-,21+/m1/s1. The Balaban J connectivity index is 1.73. The van der Waals surface area contributed by atoms with Crippen LogP contribution in [0.3, 0.4) is 0 Å². The molecule has 154 valence electrons. The van der Waals surface area contributed by atoms with Crippen molar-refractivity contribution in [1.82, 2.24) is 4.90 Å². The molecule has 29 heavy (non-hydrogen) atoms. The molecule has 0 saturated carbocycles. The summed E-state index contributed by atoms with van der Waals surface area (Å²) in [4.78, 5) is 26.6. The normalized spacial score (nSPS) is 18.7. The number of ether oxygens (including phenoxy) is 3. The summed E-state index contributed by atoms with van der Waals surface area (Å²) in [6, 6.07) is 17.0. The number of likely N-dealkylation sites (tertiary alicyclic amines) is 1. The Morgan fingerprint density at radius 3 is 2.45 bits per heavy atom. The molecule has 1 aliphatic heterocycles. The van der Waals surface area contributed by atoms with Crippen molar-refractivity contribution < 1.29 is 23.8 Å². The smallest absolute Gasteiger partial charge is 0.307 e. The maximum Gasteiger partial charge on any atom is 0.307 e. The van der Waals surface area contributed by atoms with Crippen LogP contribution in [0.5, 0.6) is 5.75 Å². The van der Waals surface area contributed by atoms with Gasteiger partial charge in [-0.25, -0.2) is 0 Å². The Morgan fingerprint density at radius 1 is 1.07 bits per heavy atom. The number of hydrogen-bond donors (Lipinski definition) is 0. The van der Waals surface area contributed by atoms with Crippen LogP contribution in [0.15, 0.2) is 54.6 Å². The van der Waals surface area contributed by atoms with Crippen molar-refractivity contribution in [2.45, 2.75) is 45.1 Å². The fraction of sp³-hybridized carbons (Fsp3) is 0.391. The van der Waals surface area contributed by atoms with Crippen LogP contribution in [0.2, 0.25) is 0 Å². The second-order valence-corrected chi connectivity index (χ2v) is 6.99. The molecular weight excluding hydrogens is 370 g/mol. The molecule has 1 fully saturated rings. The number of carbonyl (C=O) groups is 2. The zero-order valence-electron chi connectivity index (χ0n) is 16.9. The second kappa shape index (κ2) is 10.1. The molecule has 0 aromatic heterocycles. The summed E-state index contributed by atoms with van der Waals surface area (Å²) in [6.07, 6.45) is 0.0211. The third-order valence-electron chi connectivity index (χ3n) is 5.03. The molecule has 0 aliphatic carbocycles. The first-order valence-electron chi connectivity index (χ1n) is 9.84. The Bertz CT molecular complexity index is 806. The number of rotatable bonds is 9. The monoisotopic (exact) mass is 397 g/mol. The molecule has 2 atom stereocenters. The number of esters is 1. The lowest BCUT2D eigenvalue weighted by Gasteiger charge is -2.27. The molecule has 3 rings (SSSR count). The molecule has 2 aromatic carbocycles.